The fourth-order valence-corrected chi connectivity index (χ4v) is 9.48. The first-order valence-electron chi connectivity index (χ1n) is 20.1. The first-order valence-corrected chi connectivity index (χ1v) is 20.1. The van der Waals surface area contributed by atoms with E-state index >= 15 is 0 Å². The summed E-state index contributed by atoms with van der Waals surface area (Å²) < 4.78 is 2.34. The van der Waals surface area contributed by atoms with E-state index in [1.807, 2.05) is 0 Å². The number of fused-ring (bicyclic) bond motifs is 2. The summed E-state index contributed by atoms with van der Waals surface area (Å²) in [6.07, 6.45) is 5.57. The van der Waals surface area contributed by atoms with Gasteiger partial charge in [0.15, 0.2) is 5.71 Å². The molecule has 0 radical (unpaired) electrons. The molecular weight excluding hydrogens is 675 g/mol. The van der Waals surface area contributed by atoms with Gasteiger partial charge in [0.25, 0.3) is 0 Å². The lowest BCUT2D eigenvalue weighted by Crippen LogP contribution is -2.74. The van der Waals surface area contributed by atoms with Gasteiger partial charge in [-0.1, -0.05) is 170 Å². The number of hydrogen-bond acceptors (Lipinski definition) is 1. The zero-order valence-corrected chi connectivity index (χ0v) is 35.1. The second kappa shape index (κ2) is 15.1. The van der Waals surface area contributed by atoms with Gasteiger partial charge in [-0.25, -0.2) is 0 Å². The largest absolute Gasteiger partial charge is 0.347 e. The monoisotopic (exact) mass is 732 g/mol. The molecule has 0 atom stereocenters. The third-order valence-electron chi connectivity index (χ3n) is 12.6. The van der Waals surface area contributed by atoms with Crippen molar-refractivity contribution in [1.29, 1.82) is 0 Å². The average Bonchev–Trinajstić information content (AvgIpc) is 3.50. The number of anilines is 1. The molecular formula is C53H57BN2. The zero-order chi connectivity index (χ0) is 39.8. The van der Waals surface area contributed by atoms with E-state index in [0.717, 1.165) is 0 Å². The summed E-state index contributed by atoms with van der Waals surface area (Å²) in [6, 6.07) is 53.6. The molecule has 6 aromatic rings. The van der Waals surface area contributed by atoms with Crippen LogP contribution in [0.4, 0.5) is 11.4 Å². The lowest BCUT2D eigenvalue weighted by atomic mass is 9.13. The van der Waals surface area contributed by atoms with E-state index < -0.39 is 6.15 Å². The summed E-state index contributed by atoms with van der Waals surface area (Å²) in [4.78, 5) is 2.34. The highest BCUT2D eigenvalue weighted by atomic mass is 15.2. The lowest BCUT2D eigenvalue weighted by molar-refractivity contribution is -0.401. The topological polar surface area (TPSA) is 6.25 Å². The van der Waals surface area contributed by atoms with Crippen LogP contribution in [-0.2, 0) is 10.8 Å². The summed E-state index contributed by atoms with van der Waals surface area (Å²) in [5.74, 6) is 0. The van der Waals surface area contributed by atoms with E-state index in [2.05, 4.69) is 243 Å². The van der Waals surface area contributed by atoms with Gasteiger partial charge in [-0.3, -0.25) is 0 Å². The Morgan fingerprint density at radius 2 is 0.964 bits per heavy atom. The van der Waals surface area contributed by atoms with Gasteiger partial charge >= 0.3 is 0 Å². The second-order valence-corrected chi connectivity index (χ2v) is 17.2. The van der Waals surface area contributed by atoms with Gasteiger partial charge in [0, 0.05) is 41.6 Å². The van der Waals surface area contributed by atoms with Gasteiger partial charge in [-0.05, 0) is 65.3 Å². The summed E-state index contributed by atoms with van der Waals surface area (Å²) in [7, 11) is 4.36. The van der Waals surface area contributed by atoms with Crippen molar-refractivity contribution < 1.29 is 4.58 Å². The van der Waals surface area contributed by atoms with Crippen LogP contribution in [0.15, 0.2) is 170 Å². The SMILES string of the molecule is Cc1ccc([B-](c2ccccc2)(c2ccccc2)c2ccc(C)cc2)cc1.Cc1ccc2c(c1)C(C)(C)C(/C=C/C=C1/N(C)c3ccc(C)cc3C1(C)C)=[N+]2C. The zero-order valence-electron chi connectivity index (χ0n) is 35.1. The number of allylic oxidation sites excluding steroid dienone is 4. The minimum atomic E-state index is -1.24. The lowest BCUT2D eigenvalue weighted by Gasteiger charge is -2.44. The van der Waals surface area contributed by atoms with Gasteiger partial charge in [-0.2, -0.15) is 26.4 Å². The maximum atomic E-state index is 2.34. The molecule has 0 N–H and O–H groups in total. The first-order chi connectivity index (χ1) is 26.8. The Labute approximate surface area is 336 Å². The first kappa shape index (κ1) is 38.6. The Bertz CT molecular complexity index is 2360. The highest BCUT2D eigenvalue weighted by Crippen LogP contribution is 2.47. The molecule has 3 heteroatoms. The van der Waals surface area contributed by atoms with Gasteiger partial charge in [0.1, 0.15) is 13.2 Å². The number of likely N-dealkylation sites (N-methyl/N-ethyl adjacent to an activating group) is 1. The summed E-state index contributed by atoms with van der Waals surface area (Å²) in [5, 5.41) is 0. The Balaban J connectivity index is 0.000000172. The molecule has 0 amide bonds. The van der Waals surface area contributed by atoms with E-state index in [1.54, 1.807) is 0 Å². The normalized spacial score (nSPS) is 16.2. The van der Waals surface area contributed by atoms with E-state index in [4.69, 9.17) is 0 Å². The van der Waals surface area contributed by atoms with Crippen molar-refractivity contribution in [2.45, 2.75) is 66.2 Å². The minimum Gasteiger partial charge on any atom is -0.347 e. The number of rotatable bonds is 6. The molecule has 0 aromatic heterocycles. The van der Waals surface area contributed by atoms with Gasteiger partial charge in [0.05, 0.1) is 5.41 Å². The molecule has 2 aliphatic heterocycles. The molecule has 0 fully saturated rings. The van der Waals surface area contributed by atoms with Crippen molar-refractivity contribution in [2.24, 2.45) is 0 Å². The van der Waals surface area contributed by atoms with E-state index in [-0.39, 0.29) is 10.8 Å². The molecule has 2 heterocycles. The molecule has 6 aromatic carbocycles. The smallest absolute Gasteiger partial charge is 0.209 e. The molecule has 56 heavy (non-hydrogen) atoms. The van der Waals surface area contributed by atoms with Crippen LogP contribution in [0.1, 0.15) is 61.1 Å². The number of benzene rings is 6. The highest BCUT2D eigenvalue weighted by Gasteiger charge is 2.43. The summed E-state index contributed by atoms with van der Waals surface area (Å²) in [5.41, 5.74) is 18.7. The standard InChI is InChI=1S/C27H33N2.C26H24B/c1-18-12-14-22-20(16-18)26(3,4)24(28(22)7)10-9-11-25-27(5,6)21-17-19(2)13-15-23(21)29(25)8;1-21-13-17-25(18-14-21)27(23-9-5-3-6-10-23,24-11-7-4-8-12-24)26-19-15-22(2)16-20-26/h9-17H,1-8H3;3-20H,1-2H3/q+1;-1. The Morgan fingerprint density at radius 3 is 1.48 bits per heavy atom. The van der Waals surface area contributed by atoms with Gasteiger partial charge in [0.2, 0.25) is 5.69 Å². The summed E-state index contributed by atoms with van der Waals surface area (Å²) in [6.45, 7) is 17.9. The molecule has 282 valence electrons. The van der Waals surface area contributed by atoms with Crippen LogP contribution in [0.5, 0.6) is 0 Å². The molecule has 2 nitrogen and oxygen atoms in total. The third-order valence-corrected chi connectivity index (χ3v) is 12.6. The highest BCUT2D eigenvalue weighted by molar-refractivity contribution is 7.19. The average molecular weight is 733 g/mol. The Hall–Kier alpha value is -5.67. The van der Waals surface area contributed by atoms with Gasteiger partial charge < -0.3 is 4.90 Å². The van der Waals surface area contributed by atoms with Crippen LogP contribution >= 0.6 is 0 Å². The maximum absolute atomic E-state index is 2.34. The van der Waals surface area contributed by atoms with Crippen molar-refractivity contribution >= 4 is 45.1 Å². The third kappa shape index (κ3) is 6.79. The summed E-state index contributed by atoms with van der Waals surface area (Å²) >= 11 is 0. The van der Waals surface area contributed by atoms with Crippen LogP contribution in [0.2, 0.25) is 0 Å². The molecule has 0 saturated heterocycles. The quantitative estimate of drug-likeness (QED) is 0.122. The molecule has 0 spiro atoms. The molecule has 8 rings (SSSR count). The van der Waals surface area contributed by atoms with E-state index in [9.17, 15) is 0 Å². The molecule has 2 aliphatic rings. The van der Waals surface area contributed by atoms with Crippen molar-refractivity contribution in [3.8, 4) is 0 Å². The predicted molar refractivity (Wildman–Crippen MR) is 244 cm³/mol. The molecule has 0 aliphatic carbocycles. The number of aryl methyl sites for hydroxylation is 4. The van der Waals surface area contributed by atoms with Crippen LogP contribution in [-0.4, -0.2) is 30.5 Å². The Kier molecular flexibility index (Phi) is 10.4. The molecule has 0 saturated carbocycles. The van der Waals surface area contributed by atoms with E-state index in [0.29, 0.717) is 0 Å². The second-order valence-electron chi connectivity index (χ2n) is 17.2. The molecule has 0 bridgehead atoms. The number of nitrogens with zero attached hydrogens (tertiary/aromatic N) is 2. The van der Waals surface area contributed by atoms with Crippen molar-refractivity contribution in [3.05, 3.63) is 203 Å². The van der Waals surface area contributed by atoms with Crippen molar-refractivity contribution in [3.63, 3.8) is 0 Å². The van der Waals surface area contributed by atoms with Crippen LogP contribution in [0, 0.1) is 27.7 Å². The minimum absolute atomic E-state index is 0.00226. The fourth-order valence-electron chi connectivity index (χ4n) is 9.48. The van der Waals surface area contributed by atoms with Gasteiger partial charge in [-0.15, -0.1) is 0 Å². The van der Waals surface area contributed by atoms with Crippen LogP contribution in [0.25, 0.3) is 0 Å². The maximum Gasteiger partial charge on any atom is 0.209 e. The van der Waals surface area contributed by atoms with Crippen LogP contribution < -0.4 is 26.8 Å². The Morgan fingerprint density at radius 1 is 0.518 bits per heavy atom. The van der Waals surface area contributed by atoms with Crippen molar-refractivity contribution in [2.75, 3.05) is 19.0 Å². The van der Waals surface area contributed by atoms with Crippen LogP contribution in [0.3, 0.4) is 0 Å². The predicted octanol–water partition coefficient (Wildman–Crippen LogP) is 9.86. The number of hydrogen-bond donors (Lipinski definition) is 0. The molecule has 0 unspecified atom stereocenters. The van der Waals surface area contributed by atoms with E-state index in [1.165, 1.54) is 78.0 Å². The van der Waals surface area contributed by atoms with Crippen molar-refractivity contribution in [1.82, 2.24) is 0 Å². The fraction of sp³-hybridized carbons (Fsp3) is 0.226.